The van der Waals surface area contributed by atoms with E-state index in [2.05, 4.69) is 229 Å². The molecule has 12 rings (SSSR count). The second kappa shape index (κ2) is 13.4. The van der Waals surface area contributed by atoms with Gasteiger partial charge in [-0.3, -0.25) is 0 Å². The van der Waals surface area contributed by atoms with Crippen molar-refractivity contribution in [2.24, 2.45) is 0 Å². The van der Waals surface area contributed by atoms with Gasteiger partial charge in [0, 0.05) is 16.8 Å². The van der Waals surface area contributed by atoms with Gasteiger partial charge < -0.3 is 4.90 Å². The molecule has 0 aromatic heterocycles. The first-order valence-electron chi connectivity index (χ1n) is 20.4. The molecule has 0 amide bonds. The molecule has 0 spiro atoms. The van der Waals surface area contributed by atoms with Gasteiger partial charge in [-0.2, -0.15) is 0 Å². The van der Waals surface area contributed by atoms with E-state index in [0.717, 1.165) is 17.1 Å². The van der Waals surface area contributed by atoms with E-state index in [1.165, 1.54) is 98.7 Å². The predicted molar refractivity (Wildman–Crippen MR) is 252 cm³/mol. The normalized spacial score (nSPS) is 11.7. The quantitative estimate of drug-likeness (QED) is 0.153. The lowest BCUT2D eigenvalue weighted by Gasteiger charge is -2.28. The van der Waals surface area contributed by atoms with Gasteiger partial charge in [-0.1, -0.05) is 188 Å². The van der Waals surface area contributed by atoms with Crippen LogP contribution >= 0.6 is 0 Å². The second-order valence-corrected chi connectivity index (χ2v) is 15.5. The summed E-state index contributed by atoms with van der Waals surface area (Å²) in [6, 6.07) is 82.5. The van der Waals surface area contributed by atoms with Crippen LogP contribution in [0.1, 0.15) is 0 Å². The summed E-state index contributed by atoms with van der Waals surface area (Å²) in [5.74, 6) is 0. The average molecular weight is 748 g/mol. The van der Waals surface area contributed by atoms with Crippen molar-refractivity contribution in [1.29, 1.82) is 0 Å². The minimum Gasteiger partial charge on any atom is -0.310 e. The smallest absolute Gasteiger partial charge is 0.0540 e. The third kappa shape index (κ3) is 5.18. The molecule has 0 saturated carbocycles. The summed E-state index contributed by atoms with van der Waals surface area (Å²) in [6.07, 6.45) is 0. The Balaban J connectivity index is 1.21. The molecule has 0 unspecified atom stereocenters. The number of anilines is 3. The lowest BCUT2D eigenvalue weighted by molar-refractivity contribution is 1.30. The minimum atomic E-state index is 1.12. The summed E-state index contributed by atoms with van der Waals surface area (Å²) in [7, 11) is 0. The van der Waals surface area contributed by atoms with Gasteiger partial charge in [-0.25, -0.2) is 0 Å². The van der Waals surface area contributed by atoms with Crippen molar-refractivity contribution in [2.45, 2.75) is 0 Å². The fourth-order valence-electron chi connectivity index (χ4n) is 9.87. The monoisotopic (exact) mass is 747 g/mol. The van der Waals surface area contributed by atoms with Gasteiger partial charge in [-0.15, -0.1) is 0 Å². The van der Waals surface area contributed by atoms with Gasteiger partial charge in [0.05, 0.1) is 5.69 Å². The van der Waals surface area contributed by atoms with Gasteiger partial charge in [0.15, 0.2) is 0 Å². The first-order valence-corrected chi connectivity index (χ1v) is 20.4. The summed E-state index contributed by atoms with van der Waals surface area (Å²) in [5.41, 5.74) is 15.9. The van der Waals surface area contributed by atoms with Gasteiger partial charge in [0.1, 0.15) is 0 Å². The SMILES string of the molecule is c1ccc(-c2cc(-c3ccccc3)c3c4ccccc4c4cc(N(c5ccccc5)c5ccc6c7c(cccc57)-c5ccccc5-6)ccc4c3c2-c2ccccc2)cc1. The van der Waals surface area contributed by atoms with Crippen LogP contribution in [0.4, 0.5) is 17.1 Å². The highest BCUT2D eigenvalue weighted by atomic mass is 15.1. The third-order valence-electron chi connectivity index (χ3n) is 12.4. The summed E-state index contributed by atoms with van der Waals surface area (Å²) in [6.45, 7) is 0. The Bertz CT molecular complexity index is 3380. The van der Waals surface area contributed by atoms with Crippen LogP contribution in [0.5, 0.6) is 0 Å². The summed E-state index contributed by atoms with van der Waals surface area (Å²) in [4.78, 5) is 2.46. The summed E-state index contributed by atoms with van der Waals surface area (Å²) >= 11 is 0. The van der Waals surface area contributed by atoms with Crippen LogP contribution in [0, 0.1) is 0 Å². The first kappa shape index (κ1) is 33.4. The highest BCUT2D eigenvalue weighted by Crippen LogP contribution is 2.53. The molecule has 0 saturated heterocycles. The molecule has 11 aromatic carbocycles. The van der Waals surface area contributed by atoms with Crippen LogP contribution in [0.25, 0.3) is 98.7 Å². The number of rotatable bonds is 6. The zero-order valence-electron chi connectivity index (χ0n) is 32.3. The van der Waals surface area contributed by atoms with Crippen LogP contribution in [-0.2, 0) is 0 Å². The Morgan fingerprint density at radius 1 is 0.237 bits per heavy atom. The largest absolute Gasteiger partial charge is 0.310 e. The molecule has 274 valence electrons. The van der Waals surface area contributed by atoms with E-state index in [9.17, 15) is 0 Å². The van der Waals surface area contributed by atoms with Gasteiger partial charge in [0.2, 0.25) is 0 Å². The third-order valence-corrected chi connectivity index (χ3v) is 12.4. The lowest BCUT2D eigenvalue weighted by atomic mass is 9.81. The van der Waals surface area contributed by atoms with Gasteiger partial charge in [0.25, 0.3) is 0 Å². The highest BCUT2D eigenvalue weighted by Gasteiger charge is 2.26. The van der Waals surface area contributed by atoms with E-state index in [-0.39, 0.29) is 0 Å². The number of para-hydroxylation sites is 1. The first-order chi connectivity index (χ1) is 29.3. The lowest BCUT2D eigenvalue weighted by Crippen LogP contribution is -2.10. The molecule has 0 atom stereocenters. The van der Waals surface area contributed by atoms with E-state index in [1.54, 1.807) is 0 Å². The van der Waals surface area contributed by atoms with Gasteiger partial charge >= 0.3 is 0 Å². The number of nitrogens with zero attached hydrogens (tertiary/aromatic N) is 1. The van der Waals surface area contributed by atoms with Crippen LogP contribution in [0.3, 0.4) is 0 Å². The summed E-state index contributed by atoms with van der Waals surface area (Å²) in [5, 5.41) is 10.1. The van der Waals surface area contributed by atoms with E-state index >= 15 is 0 Å². The Morgan fingerprint density at radius 3 is 1.46 bits per heavy atom. The maximum Gasteiger partial charge on any atom is 0.0540 e. The van der Waals surface area contributed by atoms with E-state index in [0.29, 0.717) is 0 Å². The van der Waals surface area contributed by atoms with E-state index in [4.69, 9.17) is 0 Å². The predicted octanol–water partition coefficient (Wildman–Crippen LogP) is 16.4. The topological polar surface area (TPSA) is 3.24 Å². The van der Waals surface area contributed by atoms with Crippen molar-refractivity contribution >= 4 is 60.2 Å². The van der Waals surface area contributed by atoms with Crippen molar-refractivity contribution in [2.75, 3.05) is 4.90 Å². The van der Waals surface area contributed by atoms with Crippen LogP contribution in [-0.4, -0.2) is 0 Å². The van der Waals surface area contributed by atoms with Crippen LogP contribution < -0.4 is 4.90 Å². The standard InChI is InChI=1S/C58H37N/c1-5-18-38(19-6-1)51-37-52(39-20-7-2-8-21-39)57-47-29-16-15-28-45(47)53-36-42(32-33-49(53)58(57)55(51)40-22-9-3-10-23-40)59(41-24-11-4-12-25-41)54-35-34-48-44-27-14-13-26-43(44)46-30-17-31-50(54)56(46)48/h1-37H. The fraction of sp³-hybridized carbons (Fsp3) is 0. The molecular formula is C58H37N. The molecule has 1 aliphatic rings. The molecule has 1 nitrogen and oxygen atoms in total. The van der Waals surface area contributed by atoms with Gasteiger partial charge in [-0.05, 0) is 130 Å². The Kier molecular flexibility index (Phi) is 7.61. The average Bonchev–Trinajstić information content (AvgIpc) is 3.65. The molecule has 1 aliphatic carbocycles. The second-order valence-electron chi connectivity index (χ2n) is 15.5. The Morgan fingerprint density at radius 2 is 0.763 bits per heavy atom. The molecule has 0 aliphatic heterocycles. The number of fused-ring (bicyclic) bond motifs is 9. The number of hydrogen-bond donors (Lipinski definition) is 0. The molecule has 0 heterocycles. The van der Waals surface area contributed by atoms with E-state index in [1.807, 2.05) is 0 Å². The van der Waals surface area contributed by atoms with Crippen LogP contribution in [0.15, 0.2) is 224 Å². The molecule has 0 radical (unpaired) electrons. The molecule has 59 heavy (non-hydrogen) atoms. The van der Waals surface area contributed by atoms with E-state index < -0.39 is 0 Å². The molecule has 0 fully saturated rings. The Hall–Kier alpha value is -7.74. The highest BCUT2D eigenvalue weighted by molar-refractivity contribution is 6.33. The van der Waals surface area contributed by atoms with Crippen molar-refractivity contribution in [3.8, 4) is 55.6 Å². The summed E-state index contributed by atoms with van der Waals surface area (Å²) < 4.78 is 0. The molecular weight excluding hydrogens is 711 g/mol. The Labute approximate surface area is 343 Å². The van der Waals surface area contributed by atoms with Crippen molar-refractivity contribution in [3.05, 3.63) is 224 Å². The van der Waals surface area contributed by atoms with Crippen molar-refractivity contribution in [1.82, 2.24) is 0 Å². The molecule has 11 aromatic rings. The zero-order valence-corrected chi connectivity index (χ0v) is 32.3. The van der Waals surface area contributed by atoms with Crippen molar-refractivity contribution in [3.63, 3.8) is 0 Å². The maximum atomic E-state index is 2.46. The van der Waals surface area contributed by atoms with Crippen molar-refractivity contribution < 1.29 is 0 Å². The minimum absolute atomic E-state index is 1.12. The molecule has 1 heteroatoms. The van der Waals surface area contributed by atoms with Crippen LogP contribution in [0.2, 0.25) is 0 Å². The molecule has 0 bridgehead atoms. The zero-order chi connectivity index (χ0) is 38.9. The molecule has 0 N–H and O–H groups in total. The number of benzene rings is 11. The fourth-order valence-corrected chi connectivity index (χ4v) is 9.87. The number of hydrogen-bond acceptors (Lipinski definition) is 1. The maximum absolute atomic E-state index is 2.46.